The van der Waals surface area contributed by atoms with Crippen LogP contribution in [0, 0.1) is 0 Å². The summed E-state index contributed by atoms with van der Waals surface area (Å²) >= 11 is 0. The third kappa shape index (κ3) is 1.99. The van der Waals surface area contributed by atoms with Crippen LogP contribution in [0.15, 0.2) is 60.7 Å². The molecule has 0 radical (unpaired) electrons. The number of fused-ring (bicyclic) bond motifs is 1. The number of carbonyl (C=O) groups is 1. The smallest absolute Gasteiger partial charge is 0.197 e. The number of hydrogen-bond donors (Lipinski definition) is 2. The zero-order valence-corrected chi connectivity index (χ0v) is 10.6. The van der Waals surface area contributed by atoms with E-state index in [1.807, 2.05) is 36.4 Å². The molecule has 20 heavy (non-hydrogen) atoms. The topological polar surface area (TPSA) is 57.5 Å². The highest BCUT2D eigenvalue weighted by molar-refractivity contribution is 6.17. The van der Waals surface area contributed by atoms with E-state index in [1.54, 1.807) is 6.07 Å². The van der Waals surface area contributed by atoms with Crippen LogP contribution >= 0.6 is 0 Å². The molecule has 0 bridgehead atoms. The second-order valence-electron chi connectivity index (χ2n) is 4.56. The van der Waals surface area contributed by atoms with Crippen molar-refractivity contribution in [2.24, 2.45) is 0 Å². The molecule has 3 aromatic carbocycles. The molecule has 0 aliphatic heterocycles. The average molecular weight is 264 g/mol. The molecule has 0 saturated carbocycles. The maximum Gasteiger partial charge on any atom is 0.197 e. The number of phenolic OH excluding ortho intramolecular Hbond substituents is 2. The summed E-state index contributed by atoms with van der Waals surface area (Å²) in [5, 5.41) is 20.9. The highest BCUT2D eigenvalue weighted by Crippen LogP contribution is 2.27. The van der Waals surface area contributed by atoms with Gasteiger partial charge in [-0.3, -0.25) is 4.79 Å². The van der Waals surface area contributed by atoms with Gasteiger partial charge in [0.25, 0.3) is 0 Å². The van der Waals surface area contributed by atoms with Gasteiger partial charge in [-0.1, -0.05) is 42.5 Å². The maximum absolute atomic E-state index is 12.6. The van der Waals surface area contributed by atoms with Gasteiger partial charge in [-0.2, -0.15) is 0 Å². The average Bonchev–Trinajstić information content (AvgIpc) is 2.46. The van der Waals surface area contributed by atoms with Crippen LogP contribution in [0.5, 0.6) is 11.5 Å². The van der Waals surface area contributed by atoms with Gasteiger partial charge in [-0.25, -0.2) is 0 Å². The van der Waals surface area contributed by atoms with Crippen molar-refractivity contribution in [1.29, 1.82) is 0 Å². The van der Waals surface area contributed by atoms with E-state index >= 15 is 0 Å². The lowest BCUT2D eigenvalue weighted by atomic mass is 9.97. The number of rotatable bonds is 2. The van der Waals surface area contributed by atoms with Crippen LogP contribution in [0.25, 0.3) is 10.8 Å². The summed E-state index contributed by atoms with van der Waals surface area (Å²) in [6.45, 7) is 0. The molecule has 0 aliphatic carbocycles. The summed E-state index contributed by atoms with van der Waals surface area (Å²) in [5.74, 6) is -0.556. The Balaban J connectivity index is 2.18. The molecule has 3 aromatic rings. The fourth-order valence-electron chi connectivity index (χ4n) is 2.28. The summed E-state index contributed by atoms with van der Waals surface area (Å²) in [6, 6.07) is 17.0. The first-order valence-corrected chi connectivity index (χ1v) is 6.21. The van der Waals surface area contributed by atoms with Crippen LogP contribution in [-0.4, -0.2) is 16.0 Å². The fourth-order valence-corrected chi connectivity index (χ4v) is 2.28. The van der Waals surface area contributed by atoms with E-state index in [1.165, 1.54) is 18.2 Å². The predicted molar refractivity (Wildman–Crippen MR) is 77.2 cm³/mol. The van der Waals surface area contributed by atoms with Gasteiger partial charge in [0.2, 0.25) is 0 Å². The lowest BCUT2D eigenvalue weighted by Crippen LogP contribution is -2.02. The summed E-state index contributed by atoms with van der Waals surface area (Å²) < 4.78 is 0. The molecule has 2 N–H and O–H groups in total. The lowest BCUT2D eigenvalue weighted by molar-refractivity contribution is 0.103. The Morgan fingerprint density at radius 1 is 0.800 bits per heavy atom. The first-order valence-electron chi connectivity index (χ1n) is 6.21. The second kappa shape index (κ2) is 4.70. The molecule has 0 unspecified atom stereocenters. The minimum absolute atomic E-state index is 0.0723. The van der Waals surface area contributed by atoms with Crippen molar-refractivity contribution in [3.8, 4) is 11.5 Å². The van der Waals surface area contributed by atoms with Crippen molar-refractivity contribution >= 4 is 16.6 Å². The van der Waals surface area contributed by atoms with E-state index < -0.39 is 0 Å². The first kappa shape index (κ1) is 12.2. The third-order valence-electron chi connectivity index (χ3n) is 3.26. The molecule has 3 nitrogen and oxygen atoms in total. The second-order valence-corrected chi connectivity index (χ2v) is 4.56. The molecule has 98 valence electrons. The Labute approximate surface area is 115 Å². The van der Waals surface area contributed by atoms with Gasteiger partial charge in [-0.05, 0) is 22.9 Å². The quantitative estimate of drug-likeness (QED) is 0.697. The Kier molecular flexibility index (Phi) is 2.88. The molecule has 0 aromatic heterocycles. The number of ketones is 1. The minimum Gasteiger partial charge on any atom is -0.508 e. The SMILES string of the molecule is O=C(c1ccc(O)cc1O)c1cccc2ccccc12. The van der Waals surface area contributed by atoms with E-state index in [0.717, 1.165) is 10.8 Å². The van der Waals surface area contributed by atoms with E-state index in [-0.39, 0.29) is 22.8 Å². The predicted octanol–water partition coefficient (Wildman–Crippen LogP) is 3.48. The normalized spacial score (nSPS) is 10.6. The van der Waals surface area contributed by atoms with Crippen LogP contribution < -0.4 is 0 Å². The monoisotopic (exact) mass is 264 g/mol. The van der Waals surface area contributed by atoms with Gasteiger partial charge < -0.3 is 10.2 Å². The zero-order chi connectivity index (χ0) is 14.1. The number of phenols is 2. The number of aromatic hydroxyl groups is 2. The largest absolute Gasteiger partial charge is 0.508 e. The number of carbonyl (C=O) groups excluding carboxylic acids is 1. The van der Waals surface area contributed by atoms with Crippen molar-refractivity contribution in [2.45, 2.75) is 0 Å². The van der Waals surface area contributed by atoms with E-state index in [4.69, 9.17) is 0 Å². The fraction of sp³-hybridized carbons (Fsp3) is 0. The van der Waals surface area contributed by atoms with Gasteiger partial charge in [0.1, 0.15) is 11.5 Å². The summed E-state index contributed by atoms with van der Waals surface area (Å²) in [7, 11) is 0. The Morgan fingerprint density at radius 2 is 1.55 bits per heavy atom. The van der Waals surface area contributed by atoms with Crippen LogP contribution in [0.2, 0.25) is 0 Å². The van der Waals surface area contributed by atoms with Crippen molar-refractivity contribution < 1.29 is 15.0 Å². The molecule has 0 atom stereocenters. The number of hydrogen-bond acceptors (Lipinski definition) is 3. The molecule has 0 saturated heterocycles. The maximum atomic E-state index is 12.6. The van der Waals surface area contributed by atoms with Crippen molar-refractivity contribution in [1.82, 2.24) is 0 Å². The minimum atomic E-state index is -0.265. The van der Waals surface area contributed by atoms with Gasteiger partial charge in [0, 0.05) is 11.6 Å². The van der Waals surface area contributed by atoms with Crippen molar-refractivity contribution in [2.75, 3.05) is 0 Å². The van der Waals surface area contributed by atoms with E-state index in [2.05, 4.69) is 0 Å². The Hall–Kier alpha value is -2.81. The van der Waals surface area contributed by atoms with Crippen molar-refractivity contribution in [3.05, 3.63) is 71.8 Å². The van der Waals surface area contributed by atoms with Gasteiger partial charge in [0.05, 0.1) is 5.56 Å². The molecular formula is C17H12O3. The molecule has 0 aliphatic rings. The molecule has 0 amide bonds. The van der Waals surface area contributed by atoms with E-state index in [9.17, 15) is 15.0 Å². The number of benzene rings is 3. The van der Waals surface area contributed by atoms with Crippen LogP contribution in [0.3, 0.4) is 0 Å². The molecule has 0 fully saturated rings. The van der Waals surface area contributed by atoms with Gasteiger partial charge in [-0.15, -0.1) is 0 Å². The zero-order valence-electron chi connectivity index (χ0n) is 10.6. The summed E-state index contributed by atoms with van der Waals surface area (Å²) in [6.07, 6.45) is 0. The first-order chi connectivity index (χ1) is 9.66. The van der Waals surface area contributed by atoms with Gasteiger partial charge >= 0.3 is 0 Å². The summed E-state index contributed by atoms with van der Waals surface area (Å²) in [4.78, 5) is 12.6. The Morgan fingerprint density at radius 3 is 2.35 bits per heavy atom. The lowest BCUT2D eigenvalue weighted by Gasteiger charge is -2.07. The standard InChI is InChI=1S/C17H12O3/c18-12-8-9-15(16(19)10-12)17(20)14-7-3-5-11-4-1-2-6-13(11)14/h1-10,18-19H. The van der Waals surface area contributed by atoms with E-state index in [0.29, 0.717) is 5.56 Å². The molecule has 3 rings (SSSR count). The van der Waals surface area contributed by atoms with Gasteiger partial charge in [0.15, 0.2) is 5.78 Å². The van der Waals surface area contributed by atoms with Crippen LogP contribution in [0.4, 0.5) is 0 Å². The Bertz CT molecular complexity index is 801. The third-order valence-corrected chi connectivity index (χ3v) is 3.26. The van der Waals surface area contributed by atoms with Crippen LogP contribution in [0.1, 0.15) is 15.9 Å². The molecule has 0 heterocycles. The van der Waals surface area contributed by atoms with Crippen LogP contribution in [-0.2, 0) is 0 Å². The molecule has 0 spiro atoms. The molecule has 3 heteroatoms. The highest BCUT2D eigenvalue weighted by Gasteiger charge is 2.16. The molecular weight excluding hydrogens is 252 g/mol. The highest BCUT2D eigenvalue weighted by atomic mass is 16.3. The summed E-state index contributed by atoms with van der Waals surface area (Å²) in [5.41, 5.74) is 0.711. The van der Waals surface area contributed by atoms with Crippen molar-refractivity contribution in [3.63, 3.8) is 0 Å².